The summed E-state index contributed by atoms with van der Waals surface area (Å²) >= 11 is 0. The molecule has 0 radical (unpaired) electrons. The first-order valence-corrected chi connectivity index (χ1v) is 13.6. The molecule has 45 heavy (non-hydrogen) atoms. The number of alkyl halides is 3. The van der Waals surface area contributed by atoms with Crippen molar-refractivity contribution in [3.8, 4) is 22.6 Å². The van der Waals surface area contributed by atoms with Gasteiger partial charge in [-0.1, -0.05) is 24.3 Å². The molecule has 0 fully saturated rings. The van der Waals surface area contributed by atoms with Crippen molar-refractivity contribution in [2.24, 2.45) is 0 Å². The number of amides is 2. The Bertz CT molecular complexity index is 1810. The topological polar surface area (TPSA) is 132 Å². The van der Waals surface area contributed by atoms with Crippen LogP contribution in [-0.2, 0) is 16.8 Å². The van der Waals surface area contributed by atoms with Gasteiger partial charge in [-0.2, -0.15) is 0 Å². The molecule has 1 aliphatic rings. The number of rotatable bonds is 8. The van der Waals surface area contributed by atoms with Gasteiger partial charge >= 0.3 is 12.0 Å². The quantitative estimate of drug-likeness (QED) is 0.142. The van der Waals surface area contributed by atoms with Gasteiger partial charge in [-0.05, 0) is 84.6 Å². The molecule has 4 aromatic carbocycles. The number of nitrogens with zero attached hydrogens (tertiary/aromatic N) is 1. The average Bonchev–Trinajstić information content (AvgIpc) is 3.13. The molecule has 0 unspecified atom stereocenters. The zero-order chi connectivity index (χ0) is 32.5. The minimum absolute atomic E-state index is 0.0794. The number of methoxy groups -OCH3 is 1. The van der Waals surface area contributed by atoms with E-state index >= 15 is 0 Å². The molecule has 1 aliphatic heterocycles. The lowest BCUT2D eigenvalue weighted by atomic mass is 9.83. The number of carbonyl (C=O) groups excluding carboxylic acids is 2. The Morgan fingerprint density at radius 3 is 2.24 bits per heavy atom. The molecule has 2 amide bonds. The van der Waals surface area contributed by atoms with Crippen molar-refractivity contribution >= 4 is 34.6 Å². The van der Waals surface area contributed by atoms with Crippen LogP contribution in [0.3, 0.4) is 0 Å². The Kier molecular flexibility index (Phi) is 8.11. The van der Waals surface area contributed by atoms with Crippen molar-refractivity contribution in [1.82, 2.24) is 5.32 Å². The fourth-order valence-corrected chi connectivity index (χ4v) is 4.86. The van der Waals surface area contributed by atoms with Crippen LogP contribution in [0.5, 0.6) is 11.5 Å². The largest absolute Gasteiger partial charge is 0.573 e. The Balaban J connectivity index is 1.33. The number of benzene rings is 4. The zero-order valence-electron chi connectivity index (χ0n) is 24.2. The number of anilines is 3. The first-order valence-electron chi connectivity index (χ1n) is 13.6. The molecule has 0 saturated carbocycles. The molecule has 3 N–H and O–H groups in total. The molecule has 0 saturated heterocycles. The number of ether oxygens (including phenoxy) is 2. The molecule has 10 nitrogen and oxygen atoms in total. The van der Waals surface area contributed by atoms with E-state index in [4.69, 9.17) is 4.74 Å². The second kappa shape index (κ2) is 11.8. The highest BCUT2D eigenvalue weighted by Gasteiger charge is 2.32. The number of carbonyl (C=O) groups is 2. The van der Waals surface area contributed by atoms with Gasteiger partial charge in [0, 0.05) is 12.6 Å². The third kappa shape index (κ3) is 6.66. The third-order valence-corrected chi connectivity index (χ3v) is 7.41. The summed E-state index contributed by atoms with van der Waals surface area (Å²) in [6.45, 7) is 3.52. The maximum absolute atomic E-state index is 13.2. The summed E-state index contributed by atoms with van der Waals surface area (Å²) in [7, 11) is 1.35. The number of hydrogen-bond donors (Lipinski definition) is 3. The summed E-state index contributed by atoms with van der Waals surface area (Å²) in [5.41, 5.74) is 3.25. The molecule has 1 heterocycles. The number of nitro groups is 1. The average molecular weight is 621 g/mol. The van der Waals surface area contributed by atoms with Crippen LogP contribution in [0.4, 0.5) is 35.9 Å². The van der Waals surface area contributed by atoms with Crippen LogP contribution >= 0.6 is 0 Å². The second-order valence-electron chi connectivity index (χ2n) is 10.7. The van der Waals surface area contributed by atoms with Gasteiger partial charge in [0.05, 0.1) is 40.1 Å². The van der Waals surface area contributed by atoms with Gasteiger partial charge in [-0.15, -0.1) is 13.2 Å². The lowest BCUT2D eigenvalue weighted by Crippen LogP contribution is -2.39. The van der Waals surface area contributed by atoms with Gasteiger partial charge in [-0.3, -0.25) is 19.7 Å². The molecular weight excluding hydrogens is 593 g/mol. The van der Waals surface area contributed by atoms with Crippen LogP contribution in [0.2, 0.25) is 0 Å². The number of hydrogen-bond acceptors (Lipinski definition) is 7. The Hall–Kier alpha value is -5.59. The van der Waals surface area contributed by atoms with Crippen LogP contribution in [0.1, 0.15) is 35.3 Å². The van der Waals surface area contributed by atoms with Crippen molar-refractivity contribution in [2.75, 3.05) is 17.7 Å². The maximum atomic E-state index is 13.2. The molecule has 0 aliphatic carbocycles. The van der Waals surface area contributed by atoms with Crippen LogP contribution in [-0.4, -0.2) is 30.2 Å². The first kappa shape index (κ1) is 30.9. The maximum Gasteiger partial charge on any atom is 0.573 e. The summed E-state index contributed by atoms with van der Waals surface area (Å²) < 4.78 is 46.3. The SMILES string of the molecule is COc1cc(-c2ccc3c(c2)Nc2ccc(C(C)(C)C(=O)NCc4ccc(OC(F)(F)F)cc4)cc2NC3=O)ccc1[N+](=O)[O-]. The van der Waals surface area contributed by atoms with Crippen molar-refractivity contribution in [2.45, 2.75) is 32.2 Å². The summed E-state index contributed by atoms with van der Waals surface area (Å²) in [6, 6.07) is 20.1. The third-order valence-electron chi connectivity index (χ3n) is 7.41. The van der Waals surface area contributed by atoms with Gasteiger partial charge in [0.2, 0.25) is 5.91 Å². The number of halogens is 3. The van der Waals surface area contributed by atoms with Gasteiger partial charge in [0.25, 0.3) is 5.91 Å². The highest BCUT2D eigenvalue weighted by molar-refractivity contribution is 6.12. The molecule has 0 spiro atoms. The standard InChI is InChI=1S/C32H27F3N4O6/c1-31(2,30(41)36-17-18-4-9-22(10-5-18)45-32(33,34)35)21-8-12-24-26(16-21)38-29(40)23-11-6-19(14-25(23)37-24)20-7-13-27(39(42)43)28(15-20)44-3/h4-16,37H,17H2,1-3H3,(H,36,41)(H,38,40). The molecule has 4 aromatic rings. The fourth-order valence-electron chi connectivity index (χ4n) is 4.86. The predicted molar refractivity (Wildman–Crippen MR) is 161 cm³/mol. The highest BCUT2D eigenvalue weighted by atomic mass is 19.4. The first-order chi connectivity index (χ1) is 21.2. The lowest BCUT2D eigenvalue weighted by Gasteiger charge is -2.25. The summed E-state index contributed by atoms with van der Waals surface area (Å²) in [5, 5.41) is 20.3. The Morgan fingerprint density at radius 1 is 0.889 bits per heavy atom. The van der Waals surface area contributed by atoms with Gasteiger partial charge in [-0.25, -0.2) is 0 Å². The number of fused-ring (bicyclic) bond motifs is 2. The highest BCUT2D eigenvalue weighted by Crippen LogP contribution is 2.39. The molecule has 0 bridgehead atoms. The fraction of sp³-hybridized carbons (Fsp3) is 0.188. The van der Waals surface area contributed by atoms with E-state index in [0.29, 0.717) is 44.9 Å². The predicted octanol–water partition coefficient (Wildman–Crippen LogP) is 7.07. The number of nitro benzene ring substituents is 1. The molecule has 0 atom stereocenters. The van der Waals surface area contributed by atoms with Crippen molar-refractivity contribution in [1.29, 1.82) is 0 Å². The molecule has 0 aromatic heterocycles. The molecule has 232 valence electrons. The molecular formula is C32H27F3N4O6. The van der Waals surface area contributed by atoms with E-state index in [2.05, 4.69) is 20.7 Å². The van der Waals surface area contributed by atoms with E-state index in [1.165, 1.54) is 37.4 Å². The zero-order valence-corrected chi connectivity index (χ0v) is 24.2. The monoisotopic (exact) mass is 620 g/mol. The minimum atomic E-state index is -4.79. The van der Waals surface area contributed by atoms with Crippen LogP contribution < -0.4 is 25.4 Å². The van der Waals surface area contributed by atoms with E-state index in [1.807, 2.05) is 0 Å². The lowest BCUT2D eigenvalue weighted by molar-refractivity contribution is -0.385. The van der Waals surface area contributed by atoms with Crippen molar-refractivity contribution < 1.29 is 37.2 Å². The van der Waals surface area contributed by atoms with Crippen LogP contribution in [0, 0.1) is 10.1 Å². The summed E-state index contributed by atoms with van der Waals surface area (Å²) in [5.74, 6) is -0.960. The Labute approximate surface area is 255 Å². The Morgan fingerprint density at radius 2 is 1.58 bits per heavy atom. The van der Waals surface area contributed by atoms with Crippen molar-refractivity contribution in [3.05, 3.63) is 106 Å². The summed E-state index contributed by atoms with van der Waals surface area (Å²) in [4.78, 5) is 37.2. The number of nitrogens with one attached hydrogen (secondary N) is 3. The smallest absolute Gasteiger partial charge is 0.490 e. The van der Waals surface area contributed by atoms with Gasteiger partial charge < -0.3 is 25.4 Å². The van der Waals surface area contributed by atoms with E-state index in [-0.39, 0.29) is 35.5 Å². The summed E-state index contributed by atoms with van der Waals surface area (Å²) in [6.07, 6.45) is -4.79. The van der Waals surface area contributed by atoms with Crippen LogP contribution in [0.25, 0.3) is 11.1 Å². The van der Waals surface area contributed by atoms with E-state index in [9.17, 15) is 32.9 Å². The minimum Gasteiger partial charge on any atom is -0.490 e. The van der Waals surface area contributed by atoms with E-state index < -0.39 is 16.7 Å². The van der Waals surface area contributed by atoms with Crippen molar-refractivity contribution in [3.63, 3.8) is 0 Å². The second-order valence-corrected chi connectivity index (χ2v) is 10.7. The van der Waals surface area contributed by atoms with E-state index in [1.54, 1.807) is 62.4 Å². The normalized spacial score (nSPS) is 12.5. The molecule has 13 heteroatoms. The van der Waals surface area contributed by atoms with E-state index in [0.717, 1.165) is 0 Å². The van der Waals surface area contributed by atoms with Gasteiger partial charge in [0.1, 0.15) is 5.75 Å². The molecule has 5 rings (SSSR count). The van der Waals surface area contributed by atoms with Gasteiger partial charge in [0.15, 0.2) is 5.75 Å². The van der Waals surface area contributed by atoms with Crippen LogP contribution in [0.15, 0.2) is 78.9 Å².